The average molecular weight is 477 g/mol. The van der Waals surface area contributed by atoms with Crippen molar-refractivity contribution in [2.45, 2.75) is 12.8 Å². The fourth-order valence-electron chi connectivity index (χ4n) is 2.65. The van der Waals surface area contributed by atoms with Crippen molar-refractivity contribution in [2.75, 3.05) is 60.2 Å². The highest BCUT2D eigenvalue weighted by Crippen LogP contribution is 2.12. The number of hydrogen-bond donors (Lipinski definition) is 1. The minimum atomic E-state index is 0. The summed E-state index contributed by atoms with van der Waals surface area (Å²) in [6.45, 7) is 5.54. The van der Waals surface area contributed by atoms with Crippen LogP contribution < -0.4 is 10.1 Å². The lowest BCUT2D eigenvalue weighted by Gasteiger charge is -2.22. The highest BCUT2D eigenvalue weighted by atomic mass is 127. The predicted octanol–water partition coefficient (Wildman–Crippen LogP) is 2.63. The molecule has 7 heteroatoms. The van der Waals surface area contributed by atoms with Gasteiger partial charge in [-0.15, -0.1) is 24.0 Å². The molecule has 0 aromatic heterocycles. The number of likely N-dealkylation sites (N-methyl/N-ethyl adjacent to an activating group) is 1. The summed E-state index contributed by atoms with van der Waals surface area (Å²) in [6, 6.07) is 9.86. The molecular formula is C19H32IN3O3. The Kier molecular flexibility index (Phi) is 12.4. The molecule has 0 radical (unpaired) electrons. The van der Waals surface area contributed by atoms with Crippen LogP contribution in [-0.4, -0.2) is 71.1 Å². The van der Waals surface area contributed by atoms with E-state index in [1.54, 1.807) is 7.05 Å². The topological polar surface area (TPSA) is 55.3 Å². The van der Waals surface area contributed by atoms with Gasteiger partial charge in [0.1, 0.15) is 12.4 Å². The lowest BCUT2D eigenvalue weighted by atomic mass is 10.1. The quantitative estimate of drug-likeness (QED) is 0.243. The highest BCUT2D eigenvalue weighted by Gasteiger charge is 2.15. The van der Waals surface area contributed by atoms with Gasteiger partial charge < -0.3 is 24.4 Å². The van der Waals surface area contributed by atoms with Crippen molar-refractivity contribution < 1.29 is 14.2 Å². The van der Waals surface area contributed by atoms with E-state index in [4.69, 9.17) is 14.2 Å². The van der Waals surface area contributed by atoms with Crippen LogP contribution in [0.4, 0.5) is 0 Å². The molecule has 0 saturated carbocycles. The van der Waals surface area contributed by atoms with Crippen LogP contribution in [0.1, 0.15) is 12.8 Å². The second kappa shape index (κ2) is 14.1. The monoisotopic (exact) mass is 477 g/mol. The van der Waals surface area contributed by atoms with E-state index in [1.807, 2.05) is 37.4 Å². The number of rotatable bonds is 10. The third kappa shape index (κ3) is 9.05. The van der Waals surface area contributed by atoms with Crippen molar-refractivity contribution >= 4 is 29.9 Å². The molecule has 2 rings (SSSR count). The van der Waals surface area contributed by atoms with Gasteiger partial charge in [-0.1, -0.05) is 18.2 Å². The summed E-state index contributed by atoms with van der Waals surface area (Å²) in [5.41, 5.74) is 0. The van der Waals surface area contributed by atoms with Crippen LogP contribution in [0, 0.1) is 5.92 Å². The number of halogens is 1. The van der Waals surface area contributed by atoms with E-state index in [1.165, 1.54) is 0 Å². The fourth-order valence-corrected chi connectivity index (χ4v) is 2.65. The van der Waals surface area contributed by atoms with Gasteiger partial charge in [-0.05, 0) is 25.0 Å². The summed E-state index contributed by atoms with van der Waals surface area (Å²) in [7, 11) is 3.81. The molecule has 6 nitrogen and oxygen atoms in total. The molecule has 1 aliphatic rings. The molecule has 1 aromatic carbocycles. The van der Waals surface area contributed by atoms with Gasteiger partial charge in [0.25, 0.3) is 0 Å². The van der Waals surface area contributed by atoms with E-state index in [0.29, 0.717) is 12.5 Å². The second-order valence-corrected chi connectivity index (χ2v) is 6.22. The summed E-state index contributed by atoms with van der Waals surface area (Å²) < 4.78 is 16.8. The van der Waals surface area contributed by atoms with Crippen LogP contribution in [-0.2, 0) is 9.47 Å². The van der Waals surface area contributed by atoms with Crippen molar-refractivity contribution in [1.29, 1.82) is 0 Å². The molecule has 1 unspecified atom stereocenters. The first-order valence-corrected chi connectivity index (χ1v) is 9.04. The maximum absolute atomic E-state index is 5.72. The summed E-state index contributed by atoms with van der Waals surface area (Å²) in [5.74, 6) is 2.35. The van der Waals surface area contributed by atoms with Crippen molar-refractivity contribution in [3.8, 4) is 5.75 Å². The molecule has 1 atom stereocenters. The smallest absolute Gasteiger partial charge is 0.193 e. The Labute approximate surface area is 174 Å². The Balaban J connectivity index is 0.00000338. The number of hydrogen-bond acceptors (Lipinski definition) is 4. The van der Waals surface area contributed by atoms with Gasteiger partial charge in [0, 0.05) is 39.8 Å². The van der Waals surface area contributed by atoms with Crippen molar-refractivity contribution in [2.24, 2.45) is 10.9 Å². The fraction of sp³-hybridized carbons (Fsp3) is 0.632. The Hall–Kier alpha value is -1.06. The van der Waals surface area contributed by atoms with Crippen molar-refractivity contribution in [3.63, 3.8) is 0 Å². The summed E-state index contributed by atoms with van der Waals surface area (Å²) in [4.78, 5) is 6.38. The molecule has 1 heterocycles. The molecular weight excluding hydrogens is 445 g/mol. The number of benzene rings is 1. The van der Waals surface area contributed by atoms with Gasteiger partial charge in [-0.25, -0.2) is 0 Å². The molecule has 1 N–H and O–H groups in total. The van der Waals surface area contributed by atoms with Crippen LogP contribution >= 0.6 is 24.0 Å². The largest absolute Gasteiger partial charge is 0.492 e. The van der Waals surface area contributed by atoms with Crippen LogP contribution in [0.25, 0.3) is 0 Å². The van der Waals surface area contributed by atoms with Gasteiger partial charge in [0.2, 0.25) is 0 Å². The molecule has 1 aliphatic heterocycles. The number of nitrogens with zero attached hydrogens (tertiary/aromatic N) is 2. The number of ether oxygens (including phenoxy) is 3. The third-order valence-electron chi connectivity index (χ3n) is 4.14. The molecule has 0 bridgehead atoms. The van der Waals surface area contributed by atoms with E-state index in [9.17, 15) is 0 Å². The van der Waals surface area contributed by atoms with Crippen LogP contribution in [0.2, 0.25) is 0 Å². The minimum absolute atomic E-state index is 0. The Bertz CT molecular complexity index is 496. The van der Waals surface area contributed by atoms with E-state index in [-0.39, 0.29) is 24.0 Å². The average Bonchev–Trinajstić information content (AvgIpc) is 3.15. The Morgan fingerprint density at radius 3 is 2.81 bits per heavy atom. The van der Waals surface area contributed by atoms with E-state index >= 15 is 0 Å². The zero-order valence-corrected chi connectivity index (χ0v) is 18.2. The molecule has 26 heavy (non-hydrogen) atoms. The first-order chi connectivity index (χ1) is 12.3. The van der Waals surface area contributed by atoms with Gasteiger partial charge in [0.05, 0.1) is 19.8 Å². The number of para-hydroxylation sites is 1. The Morgan fingerprint density at radius 1 is 1.31 bits per heavy atom. The van der Waals surface area contributed by atoms with Gasteiger partial charge in [-0.2, -0.15) is 0 Å². The standard InChI is InChI=1S/C19H31N3O3.HI/c1-20-19(21-10-6-12-23-15-17-9-13-24-16-17)22(2)11-14-25-18-7-4-3-5-8-18;/h3-5,7-8,17H,6,9-16H2,1-2H3,(H,20,21);1H. The molecule has 1 saturated heterocycles. The maximum Gasteiger partial charge on any atom is 0.193 e. The zero-order chi connectivity index (χ0) is 17.7. The Morgan fingerprint density at radius 2 is 2.12 bits per heavy atom. The molecule has 1 aromatic rings. The predicted molar refractivity (Wildman–Crippen MR) is 116 cm³/mol. The lowest BCUT2D eigenvalue weighted by molar-refractivity contribution is 0.0887. The van der Waals surface area contributed by atoms with Crippen molar-refractivity contribution in [1.82, 2.24) is 10.2 Å². The van der Waals surface area contributed by atoms with Gasteiger partial charge >= 0.3 is 0 Å². The molecule has 1 fully saturated rings. The summed E-state index contributed by atoms with van der Waals surface area (Å²) >= 11 is 0. The molecule has 0 spiro atoms. The normalized spacial score (nSPS) is 16.8. The third-order valence-corrected chi connectivity index (χ3v) is 4.14. The van der Waals surface area contributed by atoms with Crippen LogP contribution in [0.3, 0.4) is 0 Å². The van der Waals surface area contributed by atoms with Gasteiger partial charge in [-0.3, -0.25) is 4.99 Å². The first kappa shape index (κ1) is 23.0. The summed E-state index contributed by atoms with van der Waals surface area (Å²) in [6.07, 6.45) is 2.09. The number of guanidine groups is 1. The number of nitrogens with one attached hydrogen (secondary N) is 1. The zero-order valence-electron chi connectivity index (χ0n) is 15.9. The van der Waals surface area contributed by atoms with E-state index in [0.717, 1.165) is 64.1 Å². The van der Waals surface area contributed by atoms with Crippen LogP contribution in [0.5, 0.6) is 5.75 Å². The van der Waals surface area contributed by atoms with Crippen molar-refractivity contribution in [3.05, 3.63) is 30.3 Å². The second-order valence-electron chi connectivity index (χ2n) is 6.22. The van der Waals surface area contributed by atoms with E-state index < -0.39 is 0 Å². The lowest BCUT2D eigenvalue weighted by Crippen LogP contribution is -2.41. The highest BCUT2D eigenvalue weighted by molar-refractivity contribution is 14.0. The van der Waals surface area contributed by atoms with Gasteiger partial charge in [0.15, 0.2) is 5.96 Å². The molecule has 0 amide bonds. The maximum atomic E-state index is 5.72. The molecule has 0 aliphatic carbocycles. The minimum Gasteiger partial charge on any atom is -0.492 e. The van der Waals surface area contributed by atoms with E-state index in [2.05, 4.69) is 15.2 Å². The summed E-state index contributed by atoms with van der Waals surface area (Å²) in [5, 5.41) is 3.36. The van der Waals surface area contributed by atoms with Crippen LogP contribution in [0.15, 0.2) is 35.3 Å². The SMILES string of the molecule is CN=C(NCCCOCC1CCOC1)N(C)CCOc1ccccc1.I. The number of aliphatic imine (C=N–C) groups is 1. The molecule has 148 valence electrons. The first-order valence-electron chi connectivity index (χ1n) is 9.04.